The molecule has 0 aliphatic heterocycles. The fourth-order valence-corrected chi connectivity index (χ4v) is 1.95. The molecule has 0 atom stereocenters. The monoisotopic (exact) mass is 248 g/mol. The standard InChI is InChI=1S/C7H15F3N2O2S/c1-11-4-6-15(13,14)12(2)5-3-7(8,9)10/h11H,3-6H2,1-2H3. The predicted octanol–water partition coefficient (Wildman–Crippen LogP) is 0.420. The Morgan fingerprint density at radius 2 is 1.87 bits per heavy atom. The van der Waals surface area contributed by atoms with E-state index < -0.39 is 29.2 Å². The average Bonchev–Trinajstić information content (AvgIpc) is 2.09. The Kier molecular flexibility index (Phi) is 5.54. The SMILES string of the molecule is CNCCS(=O)(=O)N(C)CCC(F)(F)F. The lowest BCUT2D eigenvalue weighted by atomic mass is 10.4. The van der Waals surface area contributed by atoms with E-state index in [-0.39, 0.29) is 12.3 Å². The lowest BCUT2D eigenvalue weighted by molar-refractivity contribution is -0.135. The Hall–Kier alpha value is -0.340. The molecule has 0 heterocycles. The molecule has 0 saturated carbocycles. The Morgan fingerprint density at radius 3 is 2.27 bits per heavy atom. The highest BCUT2D eigenvalue weighted by molar-refractivity contribution is 7.89. The minimum atomic E-state index is -4.33. The number of nitrogens with zero attached hydrogens (tertiary/aromatic N) is 1. The molecule has 4 nitrogen and oxygen atoms in total. The number of hydrogen-bond acceptors (Lipinski definition) is 3. The maximum Gasteiger partial charge on any atom is 0.390 e. The van der Waals surface area contributed by atoms with Crippen LogP contribution in [0.3, 0.4) is 0 Å². The molecule has 8 heteroatoms. The second kappa shape index (κ2) is 5.66. The largest absolute Gasteiger partial charge is 0.390 e. The quantitative estimate of drug-likeness (QED) is 0.741. The molecule has 0 bridgehead atoms. The van der Waals surface area contributed by atoms with E-state index in [0.717, 1.165) is 11.4 Å². The van der Waals surface area contributed by atoms with Gasteiger partial charge in [-0.25, -0.2) is 12.7 Å². The lowest BCUT2D eigenvalue weighted by Gasteiger charge is -2.17. The molecular weight excluding hydrogens is 233 g/mol. The Morgan fingerprint density at radius 1 is 1.33 bits per heavy atom. The van der Waals surface area contributed by atoms with Crippen molar-refractivity contribution in [3.63, 3.8) is 0 Å². The van der Waals surface area contributed by atoms with E-state index in [9.17, 15) is 21.6 Å². The van der Waals surface area contributed by atoms with E-state index in [2.05, 4.69) is 5.32 Å². The molecule has 0 aromatic carbocycles. The van der Waals surface area contributed by atoms with E-state index in [1.54, 1.807) is 7.05 Å². The summed E-state index contributed by atoms with van der Waals surface area (Å²) >= 11 is 0. The van der Waals surface area contributed by atoms with Crippen molar-refractivity contribution in [2.45, 2.75) is 12.6 Å². The molecule has 0 spiro atoms. The molecule has 0 aromatic rings. The zero-order chi connectivity index (χ0) is 12.1. The number of nitrogens with one attached hydrogen (secondary N) is 1. The number of alkyl halides is 3. The molecule has 0 aromatic heterocycles. The Bertz CT molecular complexity index is 276. The van der Waals surface area contributed by atoms with Crippen molar-refractivity contribution in [2.24, 2.45) is 0 Å². The summed E-state index contributed by atoms with van der Waals surface area (Å²) in [5.41, 5.74) is 0. The summed E-state index contributed by atoms with van der Waals surface area (Å²) in [6.07, 6.45) is -5.45. The highest BCUT2D eigenvalue weighted by Crippen LogP contribution is 2.20. The molecule has 92 valence electrons. The summed E-state index contributed by atoms with van der Waals surface area (Å²) in [4.78, 5) is 0. The van der Waals surface area contributed by atoms with Crippen LogP contribution in [0.15, 0.2) is 0 Å². The van der Waals surface area contributed by atoms with Gasteiger partial charge in [-0.3, -0.25) is 0 Å². The molecule has 0 aliphatic rings. The van der Waals surface area contributed by atoms with Crippen molar-refractivity contribution < 1.29 is 21.6 Å². The van der Waals surface area contributed by atoms with Gasteiger partial charge in [0, 0.05) is 20.1 Å². The zero-order valence-electron chi connectivity index (χ0n) is 8.63. The lowest BCUT2D eigenvalue weighted by Crippen LogP contribution is -2.35. The van der Waals surface area contributed by atoms with E-state index in [4.69, 9.17) is 0 Å². The third-order valence-corrected chi connectivity index (χ3v) is 3.65. The molecule has 0 unspecified atom stereocenters. The maximum atomic E-state index is 11.8. The van der Waals surface area contributed by atoms with Crippen LogP contribution in [-0.4, -0.2) is 51.8 Å². The van der Waals surface area contributed by atoms with E-state index in [1.807, 2.05) is 0 Å². The molecule has 0 rings (SSSR count). The molecule has 0 aliphatic carbocycles. The van der Waals surface area contributed by atoms with Gasteiger partial charge in [-0.2, -0.15) is 13.2 Å². The number of halogens is 3. The number of rotatable bonds is 6. The van der Waals surface area contributed by atoms with Gasteiger partial charge in [0.1, 0.15) is 0 Å². The first-order valence-electron chi connectivity index (χ1n) is 4.34. The minimum absolute atomic E-state index is 0.197. The topological polar surface area (TPSA) is 49.4 Å². The van der Waals surface area contributed by atoms with Crippen molar-refractivity contribution in [2.75, 3.05) is 32.9 Å². The average molecular weight is 248 g/mol. The summed E-state index contributed by atoms with van der Waals surface area (Å²) in [5.74, 6) is -0.197. The maximum absolute atomic E-state index is 11.8. The van der Waals surface area contributed by atoms with Crippen molar-refractivity contribution in [1.29, 1.82) is 0 Å². The molecule has 0 saturated heterocycles. The van der Waals surface area contributed by atoms with Gasteiger partial charge in [0.15, 0.2) is 0 Å². The van der Waals surface area contributed by atoms with Crippen molar-refractivity contribution in [3.05, 3.63) is 0 Å². The van der Waals surface area contributed by atoms with E-state index in [0.29, 0.717) is 0 Å². The van der Waals surface area contributed by atoms with Gasteiger partial charge in [-0.15, -0.1) is 0 Å². The van der Waals surface area contributed by atoms with Crippen LogP contribution in [0.25, 0.3) is 0 Å². The first kappa shape index (κ1) is 14.7. The Labute approximate surface area is 87.5 Å². The van der Waals surface area contributed by atoms with Gasteiger partial charge in [0.05, 0.1) is 12.2 Å². The second-order valence-corrected chi connectivity index (χ2v) is 5.30. The van der Waals surface area contributed by atoms with Crippen LogP contribution in [0.1, 0.15) is 6.42 Å². The van der Waals surface area contributed by atoms with Crippen LogP contribution in [0, 0.1) is 0 Å². The van der Waals surface area contributed by atoms with Gasteiger partial charge in [0.2, 0.25) is 10.0 Å². The second-order valence-electron chi connectivity index (χ2n) is 3.11. The van der Waals surface area contributed by atoms with Crippen LogP contribution in [0.5, 0.6) is 0 Å². The van der Waals surface area contributed by atoms with Gasteiger partial charge < -0.3 is 5.32 Å². The predicted molar refractivity (Wildman–Crippen MR) is 51.0 cm³/mol. The molecule has 0 radical (unpaired) electrons. The molecular formula is C7H15F3N2O2S. The van der Waals surface area contributed by atoms with Gasteiger partial charge in [-0.05, 0) is 7.05 Å². The molecule has 0 fully saturated rings. The minimum Gasteiger partial charge on any atom is -0.319 e. The highest BCUT2D eigenvalue weighted by atomic mass is 32.2. The zero-order valence-corrected chi connectivity index (χ0v) is 9.45. The van der Waals surface area contributed by atoms with Crippen molar-refractivity contribution in [3.8, 4) is 0 Å². The van der Waals surface area contributed by atoms with Crippen LogP contribution in [0.4, 0.5) is 13.2 Å². The van der Waals surface area contributed by atoms with E-state index in [1.165, 1.54) is 0 Å². The normalized spacial score (nSPS) is 13.5. The number of sulfonamides is 1. The fraction of sp³-hybridized carbons (Fsp3) is 1.00. The summed E-state index contributed by atoms with van der Waals surface area (Å²) < 4.78 is 58.9. The molecule has 15 heavy (non-hydrogen) atoms. The van der Waals surface area contributed by atoms with Crippen molar-refractivity contribution in [1.82, 2.24) is 9.62 Å². The van der Waals surface area contributed by atoms with Crippen LogP contribution in [0.2, 0.25) is 0 Å². The first-order valence-corrected chi connectivity index (χ1v) is 5.95. The third kappa shape index (κ3) is 6.69. The van der Waals surface area contributed by atoms with Crippen LogP contribution < -0.4 is 5.32 Å². The summed E-state index contributed by atoms with van der Waals surface area (Å²) in [6.45, 7) is -0.311. The van der Waals surface area contributed by atoms with Gasteiger partial charge >= 0.3 is 6.18 Å². The van der Waals surface area contributed by atoms with E-state index >= 15 is 0 Å². The van der Waals surface area contributed by atoms with Gasteiger partial charge in [-0.1, -0.05) is 0 Å². The molecule has 0 amide bonds. The first-order chi connectivity index (χ1) is 6.69. The van der Waals surface area contributed by atoms with Gasteiger partial charge in [0.25, 0.3) is 0 Å². The highest BCUT2D eigenvalue weighted by Gasteiger charge is 2.29. The Balaban J connectivity index is 4.14. The van der Waals surface area contributed by atoms with Crippen LogP contribution >= 0.6 is 0 Å². The number of hydrogen-bond donors (Lipinski definition) is 1. The molecule has 1 N–H and O–H groups in total. The van der Waals surface area contributed by atoms with Crippen molar-refractivity contribution >= 4 is 10.0 Å². The third-order valence-electron chi connectivity index (χ3n) is 1.80. The summed E-state index contributed by atoms with van der Waals surface area (Å²) in [6, 6.07) is 0. The van der Waals surface area contributed by atoms with Crippen LogP contribution in [-0.2, 0) is 10.0 Å². The summed E-state index contributed by atoms with van der Waals surface area (Å²) in [7, 11) is -0.850. The summed E-state index contributed by atoms with van der Waals surface area (Å²) in [5, 5.41) is 2.62. The smallest absolute Gasteiger partial charge is 0.319 e. The fourth-order valence-electron chi connectivity index (χ4n) is 0.810.